The lowest BCUT2D eigenvalue weighted by atomic mass is 9.89. The molecule has 5 rings (SSSR count). The lowest BCUT2D eigenvalue weighted by molar-refractivity contribution is 0.0948. The number of carbonyl (C=O) groups excluding carboxylic acids is 1. The number of fused-ring (bicyclic) bond motifs is 2. The van der Waals surface area contributed by atoms with Gasteiger partial charge in [-0.05, 0) is 72.9 Å². The molecule has 0 saturated heterocycles. The Hall–Kier alpha value is -3.80. The summed E-state index contributed by atoms with van der Waals surface area (Å²) in [6, 6.07) is 18.2. The van der Waals surface area contributed by atoms with Crippen molar-refractivity contribution in [2.24, 2.45) is 0 Å². The third-order valence-corrected chi connectivity index (χ3v) is 6.55. The van der Waals surface area contributed by atoms with Gasteiger partial charge in [0.15, 0.2) is 0 Å². The zero-order chi connectivity index (χ0) is 23.1. The molecule has 0 radical (unpaired) electrons. The van der Waals surface area contributed by atoms with Crippen LogP contribution < -0.4 is 10.6 Å². The Morgan fingerprint density at radius 2 is 1.91 bits per heavy atom. The van der Waals surface area contributed by atoms with Gasteiger partial charge in [-0.1, -0.05) is 30.3 Å². The third-order valence-electron chi connectivity index (χ3n) is 6.55. The fraction of sp³-hybridized carbons (Fsp3) is 0.222. The van der Waals surface area contributed by atoms with E-state index in [0.717, 1.165) is 39.6 Å². The number of aromatic amines is 1. The molecule has 2 atom stereocenters. The summed E-state index contributed by atoms with van der Waals surface area (Å²) >= 11 is 0. The maximum absolute atomic E-state index is 14.2. The highest BCUT2D eigenvalue weighted by molar-refractivity contribution is 5.98. The van der Waals surface area contributed by atoms with E-state index in [4.69, 9.17) is 0 Å². The van der Waals surface area contributed by atoms with E-state index in [2.05, 4.69) is 15.6 Å². The molecule has 4 N–H and O–H groups in total. The molecule has 1 aliphatic heterocycles. The van der Waals surface area contributed by atoms with Crippen LogP contribution in [0.5, 0.6) is 5.75 Å². The normalized spacial score (nSPS) is 17.1. The summed E-state index contributed by atoms with van der Waals surface area (Å²) in [5.41, 5.74) is 5.89. The fourth-order valence-electron chi connectivity index (χ4n) is 4.85. The number of hydrogen-bond donors (Lipinski definition) is 4. The first-order valence-electron chi connectivity index (χ1n) is 11.2. The molecule has 6 heteroatoms. The van der Waals surface area contributed by atoms with Crippen molar-refractivity contribution in [3.8, 4) is 16.9 Å². The van der Waals surface area contributed by atoms with Gasteiger partial charge in [0, 0.05) is 29.4 Å². The summed E-state index contributed by atoms with van der Waals surface area (Å²) in [4.78, 5) is 16.0. The Morgan fingerprint density at radius 1 is 1.09 bits per heavy atom. The molecule has 0 saturated carbocycles. The minimum atomic E-state index is -0.225. The first kappa shape index (κ1) is 21.1. The van der Waals surface area contributed by atoms with Crippen molar-refractivity contribution in [2.75, 3.05) is 11.9 Å². The number of H-pyrrole nitrogens is 1. The minimum absolute atomic E-state index is 0.108. The smallest absolute Gasteiger partial charge is 0.267 e. The van der Waals surface area contributed by atoms with Gasteiger partial charge >= 0.3 is 0 Å². The van der Waals surface area contributed by atoms with E-state index in [-0.39, 0.29) is 29.4 Å². The lowest BCUT2D eigenvalue weighted by Gasteiger charge is -2.17. The molecular weight excluding hydrogens is 417 g/mol. The predicted octanol–water partition coefficient (Wildman–Crippen LogP) is 5.71. The van der Waals surface area contributed by atoms with Gasteiger partial charge in [-0.2, -0.15) is 0 Å². The minimum Gasteiger partial charge on any atom is -0.508 e. The van der Waals surface area contributed by atoms with Crippen LogP contribution in [0, 0.1) is 12.7 Å². The van der Waals surface area contributed by atoms with Crippen LogP contribution in [0.2, 0.25) is 0 Å². The number of amides is 1. The first-order chi connectivity index (χ1) is 15.9. The van der Waals surface area contributed by atoms with Gasteiger partial charge in [0.1, 0.15) is 17.3 Å². The van der Waals surface area contributed by atoms with Crippen molar-refractivity contribution < 1.29 is 14.3 Å². The maximum Gasteiger partial charge on any atom is 0.267 e. The van der Waals surface area contributed by atoms with Crippen molar-refractivity contribution in [1.29, 1.82) is 0 Å². The number of halogens is 1. The molecule has 5 nitrogen and oxygen atoms in total. The molecule has 0 fully saturated rings. The maximum atomic E-state index is 14.2. The van der Waals surface area contributed by atoms with Gasteiger partial charge in [-0.3, -0.25) is 4.79 Å². The summed E-state index contributed by atoms with van der Waals surface area (Å²) in [5, 5.41) is 16.9. The summed E-state index contributed by atoms with van der Waals surface area (Å²) in [5.74, 6) is -0.0351. The number of hydrogen-bond acceptors (Lipinski definition) is 3. The van der Waals surface area contributed by atoms with Crippen LogP contribution >= 0.6 is 0 Å². The summed E-state index contributed by atoms with van der Waals surface area (Å²) in [7, 11) is 0. The van der Waals surface area contributed by atoms with Gasteiger partial charge in [-0.15, -0.1) is 0 Å². The zero-order valence-corrected chi connectivity index (χ0v) is 18.6. The average molecular weight is 444 g/mol. The van der Waals surface area contributed by atoms with Gasteiger partial charge in [0.2, 0.25) is 0 Å². The number of aryl methyl sites for hydroxylation is 1. The quantitative estimate of drug-likeness (QED) is 0.319. The van der Waals surface area contributed by atoms with E-state index in [1.54, 1.807) is 18.2 Å². The van der Waals surface area contributed by atoms with Gasteiger partial charge in [-0.25, -0.2) is 4.39 Å². The van der Waals surface area contributed by atoms with Crippen molar-refractivity contribution in [2.45, 2.75) is 32.2 Å². The van der Waals surface area contributed by atoms with Crippen LogP contribution in [-0.4, -0.2) is 28.6 Å². The monoisotopic (exact) mass is 443 g/mol. The molecule has 1 aliphatic rings. The van der Waals surface area contributed by atoms with Crippen LogP contribution in [0.4, 0.5) is 10.1 Å². The Balaban J connectivity index is 1.28. The molecule has 4 aromatic rings. The molecule has 0 bridgehead atoms. The number of aromatic nitrogens is 1. The van der Waals surface area contributed by atoms with Gasteiger partial charge < -0.3 is 20.7 Å². The van der Waals surface area contributed by atoms with E-state index in [1.807, 2.05) is 50.2 Å². The summed E-state index contributed by atoms with van der Waals surface area (Å²) in [6.45, 7) is 4.54. The highest BCUT2D eigenvalue weighted by Crippen LogP contribution is 2.41. The number of phenols is 1. The number of anilines is 1. The molecule has 168 valence electrons. The van der Waals surface area contributed by atoms with E-state index in [1.165, 1.54) is 6.07 Å². The predicted molar refractivity (Wildman–Crippen MR) is 129 cm³/mol. The Morgan fingerprint density at radius 3 is 2.73 bits per heavy atom. The number of benzene rings is 3. The van der Waals surface area contributed by atoms with Gasteiger partial charge in [0.25, 0.3) is 5.91 Å². The first-order valence-corrected chi connectivity index (χ1v) is 11.2. The van der Waals surface area contributed by atoms with E-state index in [9.17, 15) is 14.3 Å². The van der Waals surface area contributed by atoms with E-state index in [0.29, 0.717) is 17.9 Å². The van der Waals surface area contributed by atoms with Crippen molar-refractivity contribution in [3.05, 3.63) is 83.3 Å². The number of rotatable bonds is 5. The Kier molecular flexibility index (Phi) is 5.29. The molecule has 1 amide bonds. The number of carbonyl (C=O) groups is 1. The standard InChI is InChI=1S/C27H26FN3O2/c1-15-6-9-22(28)26-25(15)21(16(2)30-26)10-11-29-27(33)24-14-19-8-7-18(13-23(19)31-24)17-4-3-5-20(32)12-17/h3-9,12-14,16,21,30-32H,10-11H2,1-2H3,(H,29,33). The zero-order valence-electron chi connectivity index (χ0n) is 18.6. The van der Waals surface area contributed by atoms with Crippen molar-refractivity contribution in [1.82, 2.24) is 10.3 Å². The second kappa shape index (κ2) is 8.28. The molecule has 2 heterocycles. The van der Waals surface area contributed by atoms with Gasteiger partial charge in [0.05, 0.1) is 5.69 Å². The third kappa shape index (κ3) is 3.93. The molecule has 0 aliphatic carbocycles. The number of aromatic hydroxyl groups is 1. The molecular formula is C27H26FN3O2. The van der Waals surface area contributed by atoms with E-state index < -0.39 is 0 Å². The van der Waals surface area contributed by atoms with Crippen LogP contribution in [0.1, 0.15) is 40.9 Å². The van der Waals surface area contributed by atoms with Crippen LogP contribution in [-0.2, 0) is 0 Å². The Labute approximate surface area is 191 Å². The highest BCUT2D eigenvalue weighted by Gasteiger charge is 2.32. The summed E-state index contributed by atoms with van der Waals surface area (Å²) < 4.78 is 14.2. The molecule has 0 spiro atoms. The largest absolute Gasteiger partial charge is 0.508 e. The van der Waals surface area contributed by atoms with Crippen molar-refractivity contribution >= 4 is 22.5 Å². The topological polar surface area (TPSA) is 77.2 Å². The van der Waals surface area contributed by atoms with Crippen LogP contribution in [0.15, 0.2) is 60.7 Å². The molecule has 3 aromatic carbocycles. The fourth-order valence-corrected chi connectivity index (χ4v) is 4.85. The average Bonchev–Trinajstić information content (AvgIpc) is 3.38. The lowest BCUT2D eigenvalue weighted by Crippen LogP contribution is -2.27. The molecule has 2 unspecified atom stereocenters. The second-order valence-corrected chi connectivity index (χ2v) is 8.77. The van der Waals surface area contributed by atoms with E-state index >= 15 is 0 Å². The van der Waals surface area contributed by atoms with Crippen molar-refractivity contribution in [3.63, 3.8) is 0 Å². The molecule has 1 aromatic heterocycles. The number of nitrogens with one attached hydrogen (secondary N) is 3. The van der Waals surface area contributed by atoms with Crippen LogP contribution in [0.25, 0.3) is 22.0 Å². The Bertz CT molecular complexity index is 1360. The summed E-state index contributed by atoms with van der Waals surface area (Å²) in [6.07, 6.45) is 0.721. The second-order valence-electron chi connectivity index (χ2n) is 8.77. The number of phenolic OH excluding ortho intramolecular Hbond substituents is 1. The van der Waals surface area contributed by atoms with Crippen LogP contribution in [0.3, 0.4) is 0 Å². The SMILES string of the molecule is Cc1ccc(F)c2c1C(CCNC(=O)c1cc3ccc(-c4cccc(O)c4)cc3[nH]1)C(C)N2. The molecule has 33 heavy (non-hydrogen) atoms. The highest BCUT2D eigenvalue weighted by atomic mass is 19.1.